The van der Waals surface area contributed by atoms with E-state index in [9.17, 15) is 23.2 Å². The third kappa shape index (κ3) is 6.67. The number of esters is 1. The van der Waals surface area contributed by atoms with Gasteiger partial charge < -0.3 is 24.1 Å². The van der Waals surface area contributed by atoms with Gasteiger partial charge in [-0.3, -0.25) is 14.9 Å². The fourth-order valence-corrected chi connectivity index (χ4v) is 3.76. The second-order valence-electron chi connectivity index (χ2n) is 8.53. The number of benzene rings is 1. The maximum atomic E-state index is 14.0. The SMILES string of the molecule is CCCCOc1c(C(=O)OC)n(C[C@@H]2N[C@H](C)CCO2)cc(C(=O)NCc2ccc(F)cc2F)c1=O. The highest BCUT2D eigenvalue weighted by Crippen LogP contribution is 2.20. The number of carbonyl (C=O) groups is 2. The zero-order valence-electron chi connectivity index (χ0n) is 20.6. The molecule has 1 aromatic carbocycles. The van der Waals surface area contributed by atoms with Gasteiger partial charge in [0.1, 0.15) is 23.4 Å². The van der Waals surface area contributed by atoms with Crippen LogP contribution >= 0.6 is 0 Å². The van der Waals surface area contributed by atoms with Crippen molar-refractivity contribution in [3.8, 4) is 5.75 Å². The van der Waals surface area contributed by atoms with Crippen LogP contribution in [-0.4, -0.2) is 49.0 Å². The van der Waals surface area contributed by atoms with Crippen molar-refractivity contribution in [2.75, 3.05) is 20.3 Å². The zero-order valence-corrected chi connectivity index (χ0v) is 20.6. The van der Waals surface area contributed by atoms with Crippen molar-refractivity contribution in [1.82, 2.24) is 15.2 Å². The van der Waals surface area contributed by atoms with Gasteiger partial charge in [-0.2, -0.15) is 0 Å². The van der Waals surface area contributed by atoms with E-state index in [4.69, 9.17) is 14.2 Å². The molecule has 1 amide bonds. The molecular formula is C25H31F2N3O6. The second kappa shape index (κ2) is 12.6. The maximum absolute atomic E-state index is 14.0. The fraction of sp³-hybridized carbons (Fsp3) is 0.480. The second-order valence-corrected chi connectivity index (χ2v) is 8.53. The number of nitrogens with one attached hydrogen (secondary N) is 2. The number of ether oxygens (including phenoxy) is 3. The average molecular weight is 508 g/mol. The number of carbonyl (C=O) groups excluding carboxylic acids is 2. The van der Waals surface area contributed by atoms with Gasteiger partial charge in [0.2, 0.25) is 5.43 Å². The molecule has 11 heteroatoms. The number of rotatable bonds is 10. The van der Waals surface area contributed by atoms with E-state index in [0.717, 1.165) is 18.9 Å². The van der Waals surface area contributed by atoms with Crippen LogP contribution in [0.3, 0.4) is 0 Å². The standard InChI is InChI=1S/C25H31F2N3O6/c1-4-5-9-36-23-21(25(33)34-3)30(14-20-29-15(2)8-10-35-20)13-18(22(23)31)24(32)28-12-16-6-7-17(26)11-19(16)27/h6-7,11,13,15,20,29H,4-5,8-10,12,14H2,1-3H3,(H,28,32)/t15-,20-/m1/s1. The minimum Gasteiger partial charge on any atom is -0.487 e. The minimum absolute atomic E-state index is 0.0458. The first-order valence-corrected chi connectivity index (χ1v) is 11.8. The van der Waals surface area contributed by atoms with Gasteiger partial charge in [0.15, 0.2) is 11.4 Å². The van der Waals surface area contributed by atoms with Crippen molar-refractivity contribution in [3.05, 3.63) is 63.1 Å². The van der Waals surface area contributed by atoms with Gasteiger partial charge in [0.25, 0.3) is 5.91 Å². The number of halogens is 2. The number of unbranched alkanes of at least 4 members (excludes halogenated alkanes) is 1. The highest BCUT2D eigenvalue weighted by atomic mass is 19.1. The Bertz CT molecular complexity index is 1150. The van der Waals surface area contributed by atoms with Crippen LogP contribution < -0.4 is 20.8 Å². The molecule has 3 rings (SSSR count). The lowest BCUT2D eigenvalue weighted by molar-refractivity contribution is -0.0250. The molecule has 1 aliphatic heterocycles. The Labute approximate surface area is 207 Å². The van der Waals surface area contributed by atoms with E-state index in [2.05, 4.69) is 10.6 Å². The lowest BCUT2D eigenvalue weighted by atomic mass is 10.1. The summed E-state index contributed by atoms with van der Waals surface area (Å²) in [6, 6.07) is 3.15. The number of nitrogens with zero attached hydrogens (tertiary/aromatic N) is 1. The lowest BCUT2D eigenvalue weighted by Gasteiger charge is -2.30. The van der Waals surface area contributed by atoms with E-state index in [1.807, 2.05) is 13.8 Å². The Morgan fingerprint density at radius 1 is 1.31 bits per heavy atom. The molecule has 0 aliphatic carbocycles. The zero-order chi connectivity index (χ0) is 26.2. The summed E-state index contributed by atoms with van der Waals surface area (Å²) >= 11 is 0. The molecule has 0 unspecified atom stereocenters. The van der Waals surface area contributed by atoms with Crippen molar-refractivity contribution in [2.45, 2.75) is 58.5 Å². The van der Waals surface area contributed by atoms with E-state index in [1.165, 1.54) is 23.9 Å². The molecule has 1 saturated heterocycles. The third-order valence-electron chi connectivity index (χ3n) is 5.76. The molecule has 1 aromatic heterocycles. The van der Waals surface area contributed by atoms with Gasteiger partial charge in [-0.15, -0.1) is 0 Å². The van der Waals surface area contributed by atoms with Gasteiger partial charge in [0.05, 0.1) is 26.9 Å². The fourth-order valence-electron chi connectivity index (χ4n) is 3.76. The summed E-state index contributed by atoms with van der Waals surface area (Å²) < 4.78 is 44.9. The maximum Gasteiger partial charge on any atom is 0.358 e. The summed E-state index contributed by atoms with van der Waals surface area (Å²) in [5, 5.41) is 5.73. The molecule has 0 bridgehead atoms. The smallest absolute Gasteiger partial charge is 0.358 e. The van der Waals surface area contributed by atoms with Crippen LogP contribution in [0.5, 0.6) is 5.75 Å². The van der Waals surface area contributed by atoms with Crippen molar-refractivity contribution >= 4 is 11.9 Å². The highest BCUT2D eigenvalue weighted by Gasteiger charge is 2.28. The Hall–Kier alpha value is -3.31. The monoisotopic (exact) mass is 507 g/mol. The Morgan fingerprint density at radius 2 is 2.08 bits per heavy atom. The molecule has 0 spiro atoms. The number of hydrogen-bond donors (Lipinski definition) is 2. The number of aromatic nitrogens is 1. The Balaban J connectivity index is 1.99. The van der Waals surface area contributed by atoms with Crippen LogP contribution in [-0.2, 0) is 22.6 Å². The van der Waals surface area contributed by atoms with Gasteiger partial charge in [0, 0.05) is 30.4 Å². The van der Waals surface area contributed by atoms with Crippen molar-refractivity contribution in [2.24, 2.45) is 0 Å². The molecule has 0 radical (unpaired) electrons. The van der Waals surface area contributed by atoms with Gasteiger partial charge >= 0.3 is 5.97 Å². The molecule has 0 saturated carbocycles. The number of methoxy groups -OCH3 is 1. The molecule has 2 heterocycles. The van der Waals surface area contributed by atoms with Crippen LogP contribution in [0.4, 0.5) is 8.78 Å². The predicted molar refractivity (Wildman–Crippen MR) is 127 cm³/mol. The summed E-state index contributed by atoms with van der Waals surface area (Å²) in [5.41, 5.74) is -1.20. The Morgan fingerprint density at radius 3 is 2.75 bits per heavy atom. The summed E-state index contributed by atoms with van der Waals surface area (Å²) in [7, 11) is 1.18. The molecule has 1 fully saturated rings. The molecule has 9 nitrogen and oxygen atoms in total. The van der Waals surface area contributed by atoms with Crippen LogP contribution in [0.25, 0.3) is 0 Å². The quantitative estimate of drug-likeness (QED) is 0.376. The average Bonchev–Trinajstić information content (AvgIpc) is 2.84. The van der Waals surface area contributed by atoms with Crippen molar-refractivity contribution in [1.29, 1.82) is 0 Å². The predicted octanol–water partition coefficient (Wildman–Crippen LogP) is 2.75. The number of hydrogen-bond acceptors (Lipinski definition) is 7. The van der Waals surface area contributed by atoms with E-state index >= 15 is 0 Å². The normalized spacial score (nSPS) is 17.5. The van der Waals surface area contributed by atoms with Gasteiger partial charge in [-0.1, -0.05) is 19.4 Å². The molecule has 196 valence electrons. The van der Waals surface area contributed by atoms with Crippen LogP contribution in [0.15, 0.2) is 29.2 Å². The van der Waals surface area contributed by atoms with Crippen molar-refractivity contribution in [3.63, 3.8) is 0 Å². The Kier molecular flexibility index (Phi) is 9.54. The first kappa shape index (κ1) is 27.3. The summed E-state index contributed by atoms with van der Waals surface area (Å²) in [6.07, 6.45) is 2.95. The topological polar surface area (TPSA) is 108 Å². The molecule has 1 aliphatic rings. The highest BCUT2D eigenvalue weighted by molar-refractivity contribution is 5.96. The van der Waals surface area contributed by atoms with Crippen LogP contribution in [0.2, 0.25) is 0 Å². The molecule has 36 heavy (non-hydrogen) atoms. The lowest BCUT2D eigenvalue weighted by Crippen LogP contribution is -2.47. The molecule has 2 atom stereocenters. The van der Waals surface area contributed by atoms with Crippen LogP contribution in [0, 0.1) is 11.6 Å². The third-order valence-corrected chi connectivity index (χ3v) is 5.76. The van der Waals surface area contributed by atoms with Crippen molar-refractivity contribution < 1.29 is 32.6 Å². The minimum atomic E-state index is -0.827. The first-order chi connectivity index (χ1) is 17.2. The molecule has 2 aromatic rings. The summed E-state index contributed by atoms with van der Waals surface area (Å²) in [6.45, 7) is 4.40. The molecular weight excluding hydrogens is 476 g/mol. The van der Waals surface area contributed by atoms with Crippen LogP contribution in [0.1, 0.15) is 59.5 Å². The van der Waals surface area contributed by atoms with Gasteiger partial charge in [-0.25, -0.2) is 13.6 Å². The van der Waals surface area contributed by atoms with E-state index in [1.54, 1.807) is 0 Å². The van der Waals surface area contributed by atoms with E-state index in [0.29, 0.717) is 19.1 Å². The largest absolute Gasteiger partial charge is 0.487 e. The summed E-state index contributed by atoms with van der Waals surface area (Å²) in [4.78, 5) is 39.0. The number of amides is 1. The molecule has 2 N–H and O–H groups in total. The number of pyridine rings is 1. The van der Waals surface area contributed by atoms with E-state index in [-0.39, 0.29) is 48.3 Å². The van der Waals surface area contributed by atoms with E-state index < -0.39 is 35.2 Å². The summed E-state index contributed by atoms with van der Waals surface area (Å²) in [5.74, 6) is -3.49. The van der Waals surface area contributed by atoms with Gasteiger partial charge in [-0.05, 0) is 25.8 Å². The first-order valence-electron chi connectivity index (χ1n) is 11.8.